The highest BCUT2D eigenvalue weighted by molar-refractivity contribution is 5.97. The number of carbonyl (C=O) groups is 2. The Morgan fingerprint density at radius 1 is 1.36 bits per heavy atom. The molecule has 0 bridgehead atoms. The zero-order valence-corrected chi connectivity index (χ0v) is 16.1. The third-order valence-electron chi connectivity index (χ3n) is 5.02. The van der Waals surface area contributed by atoms with Crippen LogP contribution < -0.4 is 0 Å². The molecule has 0 aromatic carbocycles. The molecule has 0 radical (unpaired) electrons. The second-order valence-corrected chi connectivity index (χ2v) is 7.83. The van der Waals surface area contributed by atoms with Gasteiger partial charge in [0.25, 0.3) is 0 Å². The fourth-order valence-corrected chi connectivity index (χ4v) is 2.71. The first-order valence-electron chi connectivity index (χ1n) is 8.95. The van der Waals surface area contributed by atoms with Gasteiger partial charge < -0.3 is 14.5 Å². The first kappa shape index (κ1) is 19.5. The molecule has 0 amide bonds. The Morgan fingerprint density at radius 2 is 2.04 bits per heavy atom. The summed E-state index contributed by atoms with van der Waals surface area (Å²) in [6.45, 7) is 14.4. The highest BCUT2D eigenvalue weighted by Gasteiger charge is 2.29. The molecule has 2 atom stereocenters. The number of nitrogens with zero attached hydrogens (tertiary/aromatic N) is 1. The van der Waals surface area contributed by atoms with E-state index < -0.39 is 11.9 Å². The van der Waals surface area contributed by atoms with Crippen molar-refractivity contribution in [2.75, 3.05) is 19.6 Å². The van der Waals surface area contributed by atoms with Gasteiger partial charge in [-0.25, -0.2) is 9.59 Å². The van der Waals surface area contributed by atoms with Crippen LogP contribution in [0.1, 0.15) is 67.4 Å². The molecule has 0 spiro atoms. The Kier molecular flexibility index (Phi) is 5.93. The van der Waals surface area contributed by atoms with Crippen molar-refractivity contribution in [2.45, 2.75) is 60.2 Å². The van der Waals surface area contributed by atoms with Crippen LogP contribution in [0.15, 0.2) is 6.20 Å². The van der Waals surface area contributed by atoms with Crippen molar-refractivity contribution in [3.8, 4) is 0 Å². The Balaban J connectivity index is 2.02. The van der Waals surface area contributed by atoms with Gasteiger partial charge in [0.1, 0.15) is 17.9 Å². The summed E-state index contributed by atoms with van der Waals surface area (Å²) in [6, 6.07) is 0. The molecule has 2 rings (SSSR count). The maximum atomic E-state index is 12.4. The van der Waals surface area contributed by atoms with Gasteiger partial charge in [0.05, 0.1) is 5.56 Å². The van der Waals surface area contributed by atoms with Gasteiger partial charge in [-0.05, 0) is 37.8 Å². The minimum Gasteiger partial charge on any atom is -0.458 e. The number of carbonyl (C=O) groups excluding carboxylic acids is 2. The smallest absolute Gasteiger partial charge is 0.355 e. The van der Waals surface area contributed by atoms with Crippen LogP contribution in [0.2, 0.25) is 0 Å². The summed E-state index contributed by atoms with van der Waals surface area (Å²) >= 11 is 0. The normalized spacial score (nSPS) is 19.7. The molecule has 1 N–H and O–H groups in total. The van der Waals surface area contributed by atoms with E-state index in [4.69, 9.17) is 9.47 Å². The van der Waals surface area contributed by atoms with Gasteiger partial charge >= 0.3 is 11.9 Å². The van der Waals surface area contributed by atoms with Crippen molar-refractivity contribution in [3.05, 3.63) is 23.0 Å². The van der Waals surface area contributed by atoms with E-state index in [1.807, 2.05) is 27.7 Å². The second kappa shape index (κ2) is 7.60. The molecule has 1 fully saturated rings. The molecule has 2 heterocycles. The zero-order chi connectivity index (χ0) is 18.8. The summed E-state index contributed by atoms with van der Waals surface area (Å²) < 4.78 is 11.1. The summed E-state index contributed by atoms with van der Waals surface area (Å²) in [6.07, 6.45) is 2.04. The van der Waals surface area contributed by atoms with E-state index in [1.165, 1.54) is 6.20 Å². The number of likely N-dealkylation sites (tertiary alicyclic amines) is 1. The minimum atomic E-state index is -0.423. The number of hydrogen-bond donors (Lipinski definition) is 1. The number of likely N-dealkylation sites (N-methyl/N-ethyl adjacent to an activating group) is 1. The van der Waals surface area contributed by atoms with Gasteiger partial charge in [-0.2, -0.15) is 0 Å². The number of ether oxygens (including phenoxy) is 2. The fourth-order valence-electron chi connectivity index (χ4n) is 2.71. The standard InChI is InChI=1S/C19H30N2O4/c1-7-21-9-8-14(11-21)25-18(23)16-12(2)15(10-20-16)17(22)24-13(3)19(4,5)6/h10,13-14,20H,7-9,11H2,1-6H3. The van der Waals surface area contributed by atoms with Gasteiger partial charge in [-0.3, -0.25) is 4.90 Å². The Labute approximate surface area is 149 Å². The molecular weight excluding hydrogens is 320 g/mol. The topological polar surface area (TPSA) is 71.6 Å². The van der Waals surface area contributed by atoms with Crippen LogP contribution in [0.3, 0.4) is 0 Å². The van der Waals surface area contributed by atoms with Crippen LogP contribution in [-0.2, 0) is 9.47 Å². The highest BCUT2D eigenvalue weighted by atomic mass is 16.5. The Bertz CT molecular complexity index is 630. The molecule has 0 aliphatic carbocycles. The van der Waals surface area contributed by atoms with E-state index in [2.05, 4.69) is 16.8 Å². The van der Waals surface area contributed by atoms with Gasteiger partial charge in [-0.1, -0.05) is 27.7 Å². The summed E-state index contributed by atoms with van der Waals surface area (Å²) in [7, 11) is 0. The molecular formula is C19H30N2O4. The third kappa shape index (κ3) is 4.63. The first-order valence-corrected chi connectivity index (χ1v) is 8.95. The Morgan fingerprint density at radius 3 is 2.60 bits per heavy atom. The lowest BCUT2D eigenvalue weighted by Crippen LogP contribution is -2.28. The van der Waals surface area contributed by atoms with Gasteiger partial charge in [0.2, 0.25) is 0 Å². The molecule has 6 nitrogen and oxygen atoms in total. The quantitative estimate of drug-likeness (QED) is 0.826. The molecule has 0 saturated carbocycles. The number of hydrogen-bond acceptors (Lipinski definition) is 5. The van der Waals surface area contributed by atoms with Crippen molar-refractivity contribution in [1.82, 2.24) is 9.88 Å². The SMILES string of the molecule is CCN1CCC(OC(=O)c2[nH]cc(C(=O)OC(C)C(C)(C)C)c2C)C1. The van der Waals surface area contributed by atoms with Gasteiger partial charge in [0, 0.05) is 19.3 Å². The lowest BCUT2D eigenvalue weighted by molar-refractivity contribution is 0.00475. The van der Waals surface area contributed by atoms with Crippen molar-refractivity contribution < 1.29 is 19.1 Å². The number of rotatable bonds is 5. The van der Waals surface area contributed by atoms with E-state index >= 15 is 0 Å². The number of aromatic amines is 1. The van der Waals surface area contributed by atoms with E-state index in [1.54, 1.807) is 6.92 Å². The highest BCUT2D eigenvalue weighted by Crippen LogP contribution is 2.24. The van der Waals surface area contributed by atoms with Crippen LogP contribution in [0.25, 0.3) is 0 Å². The van der Waals surface area contributed by atoms with Crippen molar-refractivity contribution >= 4 is 11.9 Å². The molecule has 140 valence electrons. The number of esters is 2. The van der Waals surface area contributed by atoms with E-state index in [0.717, 1.165) is 26.1 Å². The first-order chi connectivity index (χ1) is 11.6. The molecule has 2 unspecified atom stereocenters. The maximum absolute atomic E-state index is 12.4. The fraction of sp³-hybridized carbons (Fsp3) is 0.684. The Hall–Kier alpha value is -1.82. The molecule has 1 aliphatic heterocycles. The van der Waals surface area contributed by atoms with Gasteiger partial charge in [0.15, 0.2) is 0 Å². The zero-order valence-electron chi connectivity index (χ0n) is 16.1. The van der Waals surface area contributed by atoms with Gasteiger partial charge in [-0.15, -0.1) is 0 Å². The molecule has 1 saturated heterocycles. The van der Waals surface area contributed by atoms with E-state index in [-0.39, 0.29) is 17.6 Å². The lowest BCUT2D eigenvalue weighted by Gasteiger charge is -2.26. The van der Waals surface area contributed by atoms with Crippen LogP contribution in [0.4, 0.5) is 0 Å². The summed E-state index contributed by atoms with van der Waals surface area (Å²) in [5, 5.41) is 0. The second-order valence-electron chi connectivity index (χ2n) is 7.83. The largest absolute Gasteiger partial charge is 0.458 e. The van der Waals surface area contributed by atoms with Crippen molar-refractivity contribution in [2.24, 2.45) is 5.41 Å². The van der Waals surface area contributed by atoms with E-state index in [0.29, 0.717) is 16.8 Å². The summed E-state index contributed by atoms with van der Waals surface area (Å²) in [5.74, 6) is -0.836. The molecule has 25 heavy (non-hydrogen) atoms. The van der Waals surface area contributed by atoms with E-state index in [9.17, 15) is 9.59 Å². The monoisotopic (exact) mass is 350 g/mol. The van der Waals surface area contributed by atoms with Crippen LogP contribution in [-0.4, -0.2) is 53.7 Å². The predicted molar refractivity (Wildman–Crippen MR) is 95.8 cm³/mol. The summed E-state index contributed by atoms with van der Waals surface area (Å²) in [4.78, 5) is 29.9. The average Bonchev–Trinajstić information content (AvgIpc) is 3.12. The predicted octanol–water partition coefficient (Wildman–Crippen LogP) is 3.17. The van der Waals surface area contributed by atoms with Crippen molar-refractivity contribution in [1.29, 1.82) is 0 Å². The molecule has 1 aliphatic rings. The number of H-pyrrole nitrogens is 1. The minimum absolute atomic E-state index is 0.0912. The lowest BCUT2D eigenvalue weighted by atomic mass is 9.90. The summed E-state index contributed by atoms with van der Waals surface area (Å²) in [5.41, 5.74) is 1.13. The average molecular weight is 350 g/mol. The van der Waals surface area contributed by atoms with Crippen LogP contribution >= 0.6 is 0 Å². The number of nitrogens with one attached hydrogen (secondary N) is 1. The van der Waals surface area contributed by atoms with Crippen LogP contribution in [0, 0.1) is 12.3 Å². The molecule has 6 heteroatoms. The van der Waals surface area contributed by atoms with Crippen LogP contribution in [0.5, 0.6) is 0 Å². The van der Waals surface area contributed by atoms with Crippen molar-refractivity contribution in [3.63, 3.8) is 0 Å². The molecule has 1 aromatic heterocycles. The third-order valence-corrected chi connectivity index (χ3v) is 5.02. The maximum Gasteiger partial charge on any atom is 0.355 e. The molecule has 1 aromatic rings. The number of aromatic nitrogens is 1.